The maximum atomic E-state index is 5.51. The first-order valence-electron chi connectivity index (χ1n) is 7.94. The second kappa shape index (κ2) is 11.6. The van der Waals surface area contributed by atoms with E-state index in [9.17, 15) is 0 Å². The van der Waals surface area contributed by atoms with Crippen LogP contribution in [0.15, 0.2) is 30.6 Å². The van der Waals surface area contributed by atoms with E-state index in [1.54, 1.807) is 18.0 Å². The Hall–Kier alpha value is -1.87. The van der Waals surface area contributed by atoms with Crippen molar-refractivity contribution in [2.75, 3.05) is 53.4 Å². The average molecular weight is 336 g/mol. The van der Waals surface area contributed by atoms with E-state index in [1.807, 2.05) is 24.4 Å². The Bertz CT molecular complexity index is 550. The molecular formula is C16H24N4O4. The lowest BCUT2D eigenvalue weighted by Gasteiger charge is -2.06. The summed E-state index contributed by atoms with van der Waals surface area (Å²) in [5, 5.41) is 8.17. The maximum absolute atomic E-state index is 5.51. The molecule has 8 heteroatoms. The van der Waals surface area contributed by atoms with E-state index in [-0.39, 0.29) is 0 Å². The predicted octanol–water partition coefficient (Wildman–Crippen LogP) is 1.04. The van der Waals surface area contributed by atoms with Crippen molar-refractivity contribution in [3.8, 4) is 11.4 Å². The number of aromatic nitrogens is 4. The molecule has 0 saturated carbocycles. The molecule has 0 aliphatic carbocycles. The summed E-state index contributed by atoms with van der Waals surface area (Å²) in [4.78, 5) is 4.24. The lowest BCUT2D eigenvalue weighted by atomic mass is 10.3. The fourth-order valence-corrected chi connectivity index (χ4v) is 1.88. The van der Waals surface area contributed by atoms with Crippen LogP contribution in [0.5, 0.6) is 0 Å². The van der Waals surface area contributed by atoms with Gasteiger partial charge in [-0.15, -0.1) is 5.10 Å². The fraction of sp³-hybridized carbons (Fsp3) is 0.562. The van der Waals surface area contributed by atoms with Gasteiger partial charge in [-0.1, -0.05) is 11.3 Å². The number of hydrogen-bond donors (Lipinski definition) is 0. The zero-order valence-electron chi connectivity index (χ0n) is 14.0. The maximum Gasteiger partial charge on any atom is 0.131 e. The Morgan fingerprint density at radius 3 is 2.25 bits per heavy atom. The molecule has 0 amide bonds. The van der Waals surface area contributed by atoms with Crippen LogP contribution in [0.25, 0.3) is 11.4 Å². The minimum Gasteiger partial charge on any atom is -0.382 e. The van der Waals surface area contributed by atoms with Crippen LogP contribution in [-0.4, -0.2) is 73.3 Å². The molecule has 0 bridgehead atoms. The monoisotopic (exact) mass is 336 g/mol. The van der Waals surface area contributed by atoms with E-state index < -0.39 is 0 Å². The summed E-state index contributed by atoms with van der Waals surface area (Å²) in [5.41, 5.74) is 1.57. The zero-order chi connectivity index (χ0) is 16.9. The third-order valence-corrected chi connectivity index (χ3v) is 3.11. The van der Waals surface area contributed by atoms with Crippen LogP contribution in [0, 0.1) is 0 Å². The molecule has 2 heterocycles. The number of ether oxygens (including phenoxy) is 4. The van der Waals surface area contributed by atoms with Crippen LogP contribution in [0.1, 0.15) is 0 Å². The van der Waals surface area contributed by atoms with Gasteiger partial charge in [0.1, 0.15) is 5.69 Å². The molecule has 0 fully saturated rings. The Kier molecular flexibility index (Phi) is 8.95. The molecule has 0 aromatic carbocycles. The van der Waals surface area contributed by atoms with Gasteiger partial charge in [0.15, 0.2) is 0 Å². The van der Waals surface area contributed by atoms with Gasteiger partial charge < -0.3 is 18.9 Å². The first-order chi connectivity index (χ1) is 11.9. The third-order valence-electron chi connectivity index (χ3n) is 3.11. The SMILES string of the molecule is COCCOCCOCCOCCn1cc(-c2ccccn2)nn1. The van der Waals surface area contributed by atoms with Crippen molar-refractivity contribution in [1.29, 1.82) is 0 Å². The molecule has 2 rings (SSSR count). The number of hydrogen-bond acceptors (Lipinski definition) is 7. The second-order valence-electron chi connectivity index (χ2n) is 4.91. The molecule has 24 heavy (non-hydrogen) atoms. The van der Waals surface area contributed by atoms with Gasteiger partial charge in [0.05, 0.1) is 64.7 Å². The number of nitrogens with zero attached hydrogens (tertiary/aromatic N) is 4. The lowest BCUT2D eigenvalue weighted by Crippen LogP contribution is -2.13. The molecule has 0 saturated heterocycles. The predicted molar refractivity (Wildman–Crippen MR) is 87.6 cm³/mol. The summed E-state index contributed by atoms with van der Waals surface area (Å²) in [7, 11) is 1.65. The molecule has 2 aromatic rings. The van der Waals surface area contributed by atoms with Gasteiger partial charge in [0.2, 0.25) is 0 Å². The standard InChI is InChI=1S/C16H24N4O4/c1-21-8-9-23-12-13-24-11-10-22-7-6-20-14-16(18-19-20)15-4-2-3-5-17-15/h2-5,14H,6-13H2,1H3. The van der Waals surface area contributed by atoms with Crippen molar-refractivity contribution < 1.29 is 18.9 Å². The molecule has 0 aliphatic heterocycles. The molecule has 0 atom stereocenters. The van der Waals surface area contributed by atoms with Gasteiger partial charge in [-0.05, 0) is 12.1 Å². The van der Waals surface area contributed by atoms with Crippen molar-refractivity contribution in [3.63, 3.8) is 0 Å². The van der Waals surface area contributed by atoms with Crippen molar-refractivity contribution in [2.45, 2.75) is 6.54 Å². The molecule has 132 valence electrons. The number of rotatable bonds is 13. The highest BCUT2D eigenvalue weighted by molar-refractivity contribution is 5.51. The van der Waals surface area contributed by atoms with E-state index >= 15 is 0 Å². The van der Waals surface area contributed by atoms with E-state index in [2.05, 4.69) is 15.3 Å². The first kappa shape index (κ1) is 18.5. The van der Waals surface area contributed by atoms with Crippen LogP contribution in [0.4, 0.5) is 0 Å². The third kappa shape index (κ3) is 7.14. The normalized spacial score (nSPS) is 11.0. The lowest BCUT2D eigenvalue weighted by molar-refractivity contribution is 0.00245. The fourth-order valence-electron chi connectivity index (χ4n) is 1.88. The quantitative estimate of drug-likeness (QED) is 0.506. The minimum atomic E-state index is 0.542. The van der Waals surface area contributed by atoms with Crippen LogP contribution in [0.2, 0.25) is 0 Å². The van der Waals surface area contributed by atoms with Gasteiger partial charge >= 0.3 is 0 Å². The topological polar surface area (TPSA) is 80.5 Å². The van der Waals surface area contributed by atoms with Crippen molar-refractivity contribution in [2.24, 2.45) is 0 Å². The van der Waals surface area contributed by atoms with E-state index in [4.69, 9.17) is 18.9 Å². The van der Waals surface area contributed by atoms with Crippen molar-refractivity contribution in [3.05, 3.63) is 30.6 Å². The number of pyridine rings is 1. The summed E-state index contributed by atoms with van der Waals surface area (Å²) < 4.78 is 22.8. The van der Waals surface area contributed by atoms with E-state index in [1.165, 1.54) is 0 Å². The summed E-state index contributed by atoms with van der Waals surface area (Å²) in [6, 6.07) is 5.70. The van der Waals surface area contributed by atoms with Crippen molar-refractivity contribution in [1.82, 2.24) is 20.0 Å². The number of methoxy groups -OCH3 is 1. The van der Waals surface area contributed by atoms with E-state index in [0.29, 0.717) is 52.8 Å². The highest BCUT2D eigenvalue weighted by atomic mass is 16.6. The van der Waals surface area contributed by atoms with Crippen LogP contribution in [0.3, 0.4) is 0 Å². The van der Waals surface area contributed by atoms with Gasteiger partial charge in [-0.3, -0.25) is 4.98 Å². The smallest absolute Gasteiger partial charge is 0.131 e. The summed E-state index contributed by atoms with van der Waals surface area (Å²) in [6.07, 6.45) is 3.60. The van der Waals surface area contributed by atoms with Gasteiger partial charge in [0.25, 0.3) is 0 Å². The Morgan fingerprint density at radius 2 is 1.58 bits per heavy atom. The minimum absolute atomic E-state index is 0.542. The molecule has 2 aromatic heterocycles. The van der Waals surface area contributed by atoms with Crippen LogP contribution in [-0.2, 0) is 25.5 Å². The molecule has 0 spiro atoms. The van der Waals surface area contributed by atoms with Crippen LogP contribution >= 0.6 is 0 Å². The highest BCUT2D eigenvalue weighted by Crippen LogP contribution is 2.11. The first-order valence-corrected chi connectivity index (χ1v) is 7.94. The second-order valence-corrected chi connectivity index (χ2v) is 4.91. The van der Waals surface area contributed by atoms with Gasteiger partial charge in [0, 0.05) is 13.3 Å². The zero-order valence-corrected chi connectivity index (χ0v) is 14.0. The Balaban J connectivity index is 1.49. The summed E-state index contributed by atoms with van der Waals surface area (Å²) in [6.45, 7) is 4.60. The Morgan fingerprint density at radius 1 is 0.875 bits per heavy atom. The molecule has 0 aliphatic rings. The molecule has 8 nitrogen and oxygen atoms in total. The van der Waals surface area contributed by atoms with Crippen molar-refractivity contribution >= 4 is 0 Å². The molecule has 0 N–H and O–H groups in total. The molecule has 0 unspecified atom stereocenters. The van der Waals surface area contributed by atoms with E-state index in [0.717, 1.165) is 11.4 Å². The largest absolute Gasteiger partial charge is 0.382 e. The highest BCUT2D eigenvalue weighted by Gasteiger charge is 2.04. The molecular weight excluding hydrogens is 312 g/mol. The van der Waals surface area contributed by atoms with Gasteiger partial charge in [-0.2, -0.15) is 0 Å². The summed E-state index contributed by atoms with van der Waals surface area (Å²) in [5.74, 6) is 0. The molecule has 0 radical (unpaired) electrons. The average Bonchev–Trinajstić information content (AvgIpc) is 3.09. The van der Waals surface area contributed by atoms with Gasteiger partial charge in [-0.25, -0.2) is 4.68 Å². The van der Waals surface area contributed by atoms with Crippen LogP contribution < -0.4 is 0 Å². The Labute approximate surface area is 141 Å². The summed E-state index contributed by atoms with van der Waals surface area (Å²) >= 11 is 0.